The van der Waals surface area contributed by atoms with Gasteiger partial charge in [-0.2, -0.15) is 0 Å². The van der Waals surface area contributed by atoms with Crippen molar-refractivity contribution in [2.45, 2.75) is 13.0 Å². The van der Waals surface area contributed by atoms with Gasteiger partial charge in [0.05, 0.1) is 13.2 Å². The lowest BCUT2D eigenvalue weighted by molar-refractivity contribution is 0.0907. The summed E-state index contributed by atoms with van der Waals surface area (Å²) >= 11 is 0. The molecule has 84 valence electrons. The molecule has 0 unspecified atom stereocenters. The first-order chi connectivity index (χ1) is 7.43. The number of nitrogens with one attached hydrogen (secondary N) is 1. The summed E-state index contributed by atoms with van der Waals surface area (Å²) in [5, 5.41) is 11.8. The molecule has 3 heteroatoms. The molecule has 0 aliphatic carbocycles. The van der Waals surface area contributed by atoms with E-state index in [-0.39, 0.29) is 6.61 Å². The molecular formula is C12H19NO2. The smallest absolute Gasteiger partial charge is 0.0697 e. The predicted molar refractivity (Wildman–Crippen MR) is 60.7 cm³/mol. The molecule has 2 N–H and O–H groups in total. The molecule has 0 aliphatic heterocycles. The van der Waals surface area contributed by atoms with E-state index in [4.69, 9.17) is 9.84 Å². The zero-order chi connectivity index (χ0) is 10.8. The van der Waals surface area contributed by atoms with E-state index in [9.17, 15) is 0 Å². The average Bonchev–Trinajstić information content (AvgIpc) is 2.29. The number of aliphatic hydroxyl groups is 1. The van der Waals surface area contributed by atoms with Crippen LogP contribution in [0.4, 0.5) is 0 Å². The molecule has 0 aromatic heterocycles. The van der Waals surface area contributed by atoms with E-state index in [1.807, 2.05) is 18.2 Å². The lowest BCUT2D eigenvalue weighted by Gasteiger charge is -2.05. The topological polar surface area (TPSA) is 41.5 Å². The summed E-state index contributed by atoms with van der Waals surface area (Å²) in [6.45, 7) is 3.11. The summed E-state index contributed by atoms with van der Waals surface area (Å²) in [4.78, 5) is 0. The Balaban J connectivity index is 1.93. The third-order valence-corrected chi connectivity index (χ3v) is 2.05. The van der Waals surface area contributed by atoms with Gasteiger partial charge in [0.1, 0.15) is 0 Å². The Morgan fingerprint density at radius 2 is 1.93 bits per heavy atom. The van der Waals surface area contributed by atoms with Gasteiger partial charge in [0.2, 0.25) is 0 Å². The molecule has 0 atom stereocenters. The Morgan fingerprint density at radius 3 is 2.67 bits per heavy atom. The molecule has 1 rings (SSSR count). The van der Waals surface area contributed by atoms with Crippen LogP contribution in [-0.2, 0) is 11.3 Å². The molecular weight excluding hydrogens is 190 g/mol. The van der Waals surface area contributed by atoms with Gasteiger partial charge in [0, 0.05) is 13.2 Å². The van der Waals surface area contributed by atoms with Crippen LogP contribution in [0.2, 0.25) is 0 Å². The number of rotatable bonds is 8. The highest BCUT2D eigenvalue weighted by molar-refractivity contribution is 5.14. The van der Waals surface area contributed by atoms with Crippen LogP contribution in [0.1, 0.15) is 12.0 Å². The first-order valence-corrected chi connectivity index (χ1v) is 5.36. The minimum absolute atomic E-state index is 0.109. The van der Waals surface area contributed by atoms with Gasteiger partial charge in [0.25, 0.3) is 0 Å². The summed E-state index contributed by atoms with van der Waals surface area (Å²) in [5.41, 5.74) is 1.30. The van der Waals surface area contributed by atoms with Crippen molar-refractivity contribution in [3.63, 3.8) is 0 Å². The SMILES string of the molecule is OCCOCCCNCc1ccccc1. The molecule has 3 nitrogen and oxygen atoms in total. The monoisotopic (exact) mass is 209 g/mol. The van der Waals surface area contributed by atoms with E-state index in [1.165, 1.54) is 5.56 Å². The molecule has 0 radical (unpaired) electrons. The van der Waals surface area contributed by atoms with Gasteiger partial charge < -0.3 is 15.2 Å². The summed E-state index contributed by atoms with van der Waals surface area (Å²) in [6.07, 6.45) is 0.979. The Hall–Kier alpha value is -0.900. The minimum atomic E-state index is 0.109. The molecule has 1 aromatic carbocycles. The van der Waals surface area contributed by atoms with E-state index in [2.05, 4.69) is 17.4 Å². The summed E-state index contributed by atoms with van der Waals surface area (Å²) in [6, 6.07) is 10.3. The van der Waals surface area contributed by atoms with Crippen LogP contribution in [0.15, 0.2) is 30.3 Å². The third-order valence-electron chi connectivity index (χ3n) is 2.05. The third kappa shape index (κ3) is 6.23. The van der Waals surface area contributed by atoms with E-state index in [0.717, 1.165) is 19.5 Å². The summed E-state index contributed by atoms with van der Waals surface area (Å²) < 4.78 is 5.15. The molecule has 0 saturated carbocycles. The number of aliphatic hydroxyl groups excluding tert-OH is 1. The number of ether oxygens (including phenoxy) is 1. The molecule has 0 spiro atoms. The van der Waals surface area contributed by atoms with Crippen molar-refractivity contribution in [2.24, 2.45) is 0 Å². The number of hydrogen-bond acceptors (Lipinski definition) is 3. The van der Waals surface area contributed by atoms with Gasteiger partial charge in [-0.05, 0) is 18.5 Å². The highest BCUT2D eigenvalue weighted by Crippen LogP contribution is 1.96. The van der Waals surface area contributed by atoms with E-state index in [0.29, 0.717) is 13.2 Å². The Labute approximate surface area is 91.1 Å². The highest BCUT2D eigenvalue weighted by atomic mass is 16.5. The van der Waals surface area contributed by atoms with Crippen molar-refractivity contribution < 1.29 is 9.84 Å². The van der Waals surface area contributed by atoms with E-state index >= 15 is 0 Å². The van der Waals surface area contributed by atoms with E-state index < -0.39 is 0 Å². The lowest BCUT2D eigenvalue weighted by Crippen LogP contribution is -2.16. The minimum Gasteiger partial charge on any atom is -0.394 e. The largest absolute Gasteiger partial charge is 0.394 e. The van der Waals surface area contributed by atoms with Gasteiger partial charge >= 0.3 is 0 Å². The summed E-state index contributed by atoms with van der Waals surface area (Å²) in [5.74, 6) is 0. The molecule has 15 heavy (non-hydrogen) atoms. The van der Waals surface area contributed by atoms with Gasteiger partial charge in [-0.3, -0.25) is 0 Å². The maximum absolute atomic E-state index is 8.48. The van der Waals surface area contributed by atoms with Crippen molar-refractivity contribution >= 4 is 0 Å². The average molecular weight is 209 g/mol. The maximum Gasteiger partial charge on any atom is 0.0697 e. The standard InChI is InChI=1S/C12H19NO2/c14-8-10-15-9-4-7-13-11-12-5-2-1-3-6-12/h1-3,5-6,13-14H,4,7-11H2. The maximum atomic E-state index is 8.48. The van der Waals surface area contributed by atoms with Gasteiger partial charge in [-0.15, -0.1) is 0 Å². The Kier molecular flexibility index (Phi) is 6.83. The number of hydrogen-bond donors (Lipinski definition) is 2. The number of benzene rings is 1. The fourth-order valence-electron chi connectivity index (χ4n) is 1.29. The molecule has 0 heterocycles. The second-order valence-electron chi connectivity index (χ2n) is 3.35. The van der Waals surface area contributed by atoms with Crippen LogP contribution >= 0.6 is 0 Å². The van der Waals surface area contributed by atoms with Gasteiger partial charge in [-0.25, -0.2) is 0 Å². The normalized spacial score (nSPS) is 10.5. The Bertz CT molecular complexity index is 239. The van der Waals surface area contributed by atoms with Crippen LogP contribution in [0.3, 0.4) is 0 Å². The zero-order valence-corrected chi connectivity index (χ0v) is 8.98. The van der Waals surface area contributed by atoms with Crippen LogP contribution < -0.4 is 5.32 Å². The molecule has 0 saturated heterocycles. The molecule has 0 bridgehead atoms. The van der Waals surface area contributed by atoms with E-state index in [1.54, 1.807) is 0 Å². The first-order valence-electron chi connectivity index (χ1n) is 5.36. The van der Waals surface area contributed by atoms with Crippen molar-refractivity contribution in [1.82, 2.24) is 5.32 Å². The van der Waals surface area contributed by atoms with Crippen molar-refractivity contribution in [2.75, 3.05) is 26.4 Å². The molecule has 0 fully saturated rings. The fraction of sp³-hybridized carbons (Fsp3) is 0.500. The lowest BCUT2D eigenvalue weighted by atomic mass is 10.2. The molecule has 0 aliphatic rings. The second kappa shape index (κ2) is 8.41. The van der Waals surface area contributed by atoms with Crippen LogP contribution in [-0.4, -0.2) is 31.5 Å². The van der Waals surface area contributed by atoms with Crippen molar-refractivity contribution in [3.05, 3.63) is 35.9 Å². The molecule has 0 amide bonds. The summed E-state index contributed by atoms with van der Waals surface area (Å²) in [7, 11) is 0. The highest BCUT2D eigenvalue weighted by Gasteiger charge is 1.91. The predicted octanol–water partition coefficient (Wildman–Crippen LogP) is 1.18. The van der Waals surface area contributed by atoms with Crippen LogP contribution in [0.25, 0.3) is 0 Å². The van der Waals surface area contributed by atoms with Gasteiger partial charge in [0.15, 0.2) is 0 Å². The zero-order valence-electron chi connectivity index (χ0n) is 8.98. The first kappa shape index (κ1) is 12.2. The fourth-order valence-corrected chi connectivity index (χ4v) is 1.29. The molecule has 1 aromatic rings. The van der Waals surface area contributed by atoms with Crippen molar-refractivity contribution in [3.8, 4) is 0 Å². The van der Waals surface area contributed by atoms with Crippen LogP contribution in [0.5, 0.6) is 0 Å². The second-order valence-corrected chi connectivity index (χ2v) is 3.35. The van der Waals surface area contributed by atoms with Gasteiger partial charge in [-0.1, -0.05) is 30.3 Å². The van der Waals surface area contributed by atoms with Crippen molar-refractivity contribution in [1.29, 1.82) is 0 Å². The van der Waals surface area contributed by atoms with Crippen LogP contribution in [0, 0.1) is 0 Å². The quantitative estimate of drug-likeness (QED) is 0.632. The Morgan fingerprint density at radius 1 is 1.13 bits per heavy atom.